The molecular weight excluding hydrogens is 316 g/mol. The molecule has 4 rings (SSSR count). The highest BCUT2D eigenvalue weighted by atomic mass is 32.2. The minimum Gasteiger partial charge on any atom is -0.298 e. The van der Waals surface area contributed by atoms with Gasteiger partial charge in [0.2, 0.25) is 0 Å². The molecule has 4 nitrogen and oxygen atoms in total. The summed E-state index contributed by atoms with van der Waals surface area (Å²) in [6.45, 7) is 2.00. The zero-order chi connectivity index (χ0) is 15.3. The highest BCUT2D eigenvalue weighted by Gasteiger charge is 2.38. The molecule has 116 valence electrons. The van der Waals surface area contributed by atoms with Crippen molar-refractivity contribution < 1.29 is 8.42 Å². The van der Waals surface area contributed by atoms with Gasteiger partial charge >= 0.3 is 0 Å². The highest BCUT2D eigenvalue weighted by Crippen LogP contribution is 2.38. The standard InChI is InChI=1S/C16H18N2O2S2/c1-17-8-7-12-4-2-5-13-10-18(11-14(17)16(12)13)22(19,20)15-6-3-9-21-15/h2-6,9,14H,7-8,10-11H2,1H3. The molecule has 0 bridgehead atoms. The van der Waals surface area contributed by atoms with Crippen LogP contribution < -0.4 is 0 Å². The first-order chi connectivity index (χ1) is 10.6. The lowest BCUT2D eigenvalue weighted by Gasteiger charge is -2.42. The molecule has 2 aliphatic rings. The Morgan fingerprint density at radius 2 is 2.00 bits per heavy atom. The van der Waals surface area contributed by atoms with Crippen molar-refractivity contribution in [3.05, 3.63) is 52.4 Å². The predicted octanol–water partition coefficient (Wildman–Crippen LogP) is 2.48. The fourth-order valence-corrected chi connectivity index (χ4v) is 6.09. The van der Waals surface area contributed by atoms with Crippen molar-refractivity contribution in [3.8, 4) is 0 Å². The summed E-state index contributed by atoms with van der Waals surface area (Å²) in [7, 11) is -1.30. The number of hydrogen-bond donors (Lipinski definition) is 0. The summed E-state index contributed by atoms with van der Waals surface area (Å²) in [6.07, 6.45) is 1.05. The van der Waals surface area contributed by atoms with Crippen LogP contribution in [0.3, 0.4) is 0 Å². The van der Waals surface area contributed by atoms with Crippen molar-refractivity contribution in [1.29, 1.82) is 0 Å². The smallest absolute Gasteiger partial charge is 0.252 e. The van der Waals surface area contributed by atoms with Gasteiger partial charge in [-0.25, -0.2) is 8.42 Å². The fraction of sp³-hybridized carbons (Fsp3) is 0.375. The van der Waals surface area contributed by atoms with E-state index in [2.05, 4.69) is 30.1 Å². The molecule has 1 aromatic heterocycles. The molecule has 22 heavy (non-hydrogen) atoms. The maximum Gasteiger partial charge on any atom is 0.252 e. The van der Waals surface area contributed by atoms with Crippen molar-refractivity contribution >= 4 is 21.4 Å². The summed E-state index contributed by atoms with van der Waals surface area (Å²) >= 11 is 1.29. The van der Waals surface area contributed by atoms with Crippen LogP contribution in [-0.4, -0.2) is 37.8 Å². The number of sulfonamides is 1. The second kappa shape index (κ2) is 5.16. The average molecular weight is 334 g/mol. The summed E-state index contributed by atoms with van der Waals surface area (Å²) in [5, 5.41) is 1.82. The van der Waals surface area contributed by atoms with Gasteiger partial charge in [-0.2, -0.15) is 4.31 Å². The molecule has 0 fully saturated rings. The summed E-state index contributed by atoms with van der Waals surface area (Å²) in [6, 6.07) is 9.96. The zero-order valence-corrected chi connectivity index (χ0v) is 14.0. The van der Waals surface area contributed by atoms with Crippen LogP contribution in [0.15, 0.2) is 39.9 Å². The Labute approximate surface area is 135 Å². The summed E-state index contributed by atoms with van der Waals surface area (Å²) < 4.78 is 27.8. The van der Waals surface area contributed by atoms with E-state index in [1.165, 1.54) is 22.5 Å². The van der Waals surface area contributed by atoms with E-state index in [-0.39, 0.29) is 6.04 Å². The Kier molecular flexibility index (Phi) is 3.38. The Morgan fingerprint density at radius 3 is 2.77 bits per heavy atom. The predicted molar refractivity (Wildman–Crippen MR) is 87.4 cm³/mol. The molecular formula is C16H18N2O2S2. The van der Waals surface area contributed by atoms with Crippen LogP contribution in [-0.2, 0) is 23.0 Å². The lowest BCUT2D eigenvalue weighted by Crippen LogP contribution is -2.46. The molecule has 0 spiro atoms. The molecule has 0 aliphatic carbocycles. The molecule has 0 amide bonds. The molecule has 0 radical (unpaired) electrons. The molecule has 0 saturated carbocycles. The van der Waals surface area contributed by atoms with Gasteiger partial charge in [-0.05, 0) is 41.6 Å². The first-order valence-corrected chi connectivity index (χ1v) is 9.74. The Morgan fingerprint density at radius 1 is 1.18 bits per heavy atom. The van der Waals surface area contributed by atoms with Crippen LogP contribution >= 0.6 is 11.3 Å². The molecule has 2 aliphatic heterocycles. The van der Waals surface area contributed by atoms with Crippen LogP contribution in [0.2, 0.25) is 0 Å². The molecule has 1 unspecified atom stereocenters. The number of rotatable bonds is 2. The Bertz CT molecular complexity index is 800. The number of likely N-dealkylation sites (N-methyl/N-ethyl adjacent to an activating group) is 1. The van der Waals surface area contributed by atoms with Crippen LogP contribution in [0.25, 0.3) is 0 Å². The second-order valence-electron chi connectivity index (χ2n) is 5.97. The largest absolute Gasteiger partial charge is 0.298 e. The zero-order valence-electron chi connectivity index (χ0n) is 12.4. The molecule has 6 heteroatoms. The summed E-state index contributed by atoms with van der Waals surface area (Å²) in [4.78, 5) is 2.28. The number of hydrogen-bond acceptors (Lipinski definition) is 4. The molecule has 0 saturated heterocycles. The second-order valence-corrected chi connectivity index (χ2v) is 9.08. The number of thiophene rings is 1. The van der Waals surface area contributed by atoms with Gasteiger partial charge in [0.05, 0.1) is 0 Å². The van der Waals surface area contributed by atoms with Gasteiger partial charge in [0, 0.05) is 25.7 Å². The topological polar surface area (TPSA) is 40.6 Å². The van der Waals surface area contributed by atoms with Gasteiger partial charge < -0.3 is 0 Å². The highest BCUT2D eigenvalue weighted by molar-refractivity contribution is 7.91. The van der Waals surface area contributed by atoms with E-state index in [1.807, 2.05) is 5.38 Å². The van der Waals surface area contributed by atoms with Crippen molar-refractivity contribution in [2.45, 2.75) is 23.2 Å². The van der Waals surface area contributed by atoms with E-state index >= 15 is 0 Å². The van der Waals surface area contributed by atoms with E-state index < -0.39 is 10.0 Å². The molecule has 1 aromatic carbocycles. The van der Waals surface area contributed by atoms with Gasteiger partial charge in [-0.15, -0.1) is 11.3 Å². The van der Waals surface area contributed by atoms with Crippen LogP contribution in [0.4, 0.5) is 0 Å². The first-order valence-electron chi connectivity index (χ1n) is 7.42. The first kappa shape index (κ1) is 14.4. The van der Waals surface area contributed by atoms with Crippen molar-refractivity contribution in [2.24, 2.45) is 0 Å². The van der Waals surface area contributed by atoms with Crippen molar-refractivity contribution in [1.82, 2.24) is 9.21 Å². The number of nitrogens with zero attached hydrogens (tertiary/aromatic N) is 2. The summed E-state index contributed by atoms with van der Waals surface area (Å²) in [5.74, 6) is 0. The average Bonchev–Trinajstić information content (AvgIpc) is 3.06. The van der Waals surface area contributed by atoms with Gasteiger partial charge in [0.15, 0.2) is 0 Å². The van der Waals surface area contributed by atoms with Crippen molar-refractivity contribution in [2.75, 3.05) is 20.1 Å². The van der Waals surface area contributed by atoms with E-state index in [0.717, 1.165) is 18.5 Å². The third-order valence-electron chi connectivity index (χ3n) is 4.70. The van der Waals surface area contributed by atoms with Gasteiger partial charge in [-0.3, -0.25) is 4.90 Å². The van der Waals surface area contributed by atoms with Gasteiger partial charge in [0.1, 0.15) is 4.21 Å². The van der Waals surface area contributed by atoms with Crippen molar-refractivity contribution in [3.63, 3.8) is 0 Å². The van der Waals surface area contributed by atoms with E-state index in [4.69, 9.17) is 0 Å². The minimum atomic E-state index is -3.39. The SMILES string of the molecule is CN1CCc2cccc3c2C1CN(S(=O)(=O)c1cccs1)C3. The molecule has 1 atom stereocenters. The normalized spacial score (nSPS) is 22.5. The summed E-state index contributed by atoms with van der Waals surface area (Å²) in [5.41, 5.74) is 3.89. The fourth-order valence-electron chi connectivity index (χ4n) is 3.52. The van der Waals surface area contributed by atoms with Gasteiger partial charge in [-0.1, -0.05) is 24.3 Å². The molecule has 0 N–H and O–H groups in total. The van der Waals surface area contributed by atoms with E-state index in [1.54, 1.807) is 16.4 Å². The van der Waals surface area contributed by atoms with E-state index in [0.29, 0.717) is 17.3 Å². The maximum atomic E-state index is 12.8. The third-order valence-corrected chi connectivity index (χ3v) is 7.88. The third kappa shape index (κ3) is 2.13. The van der Waals surface area contributed by atoms with Crippen LogP contribution in [0.1, 0.15) is 22.7 Å². The lowest BCUT2D eigenvalue weighted by atomic mass is 9.86. The van der Waals surface area contributed by atoms with Crippen LogP contribution in [0.5, 0.6) is 0 Å². The Hall–Kier alpha value is -1.21. The Balaban J connectivity index is 1.78. The monoisotopic (exact) mass is 334 g/mol. The van der Waals surface area contributed by atoms with E-state index in [9.17, 15) is 8.42 Å². The lowest BCUT2D eigenvalue weighted by molar-refractivity contribution is 0.178. The minimum absolute atomic E-state index is 0.170. The molecule has 2 aromatic rings. The number of benzene rings is 1. The quantitative estimate of drug-likeness (QED) is 0.847. The van der Waals surface area contributed by atoms with Gasteiger partial charge in [0.25, 0.3) is 10.0 Å². The molecule has 3 heterocycles. The van der Waals surface area contributed by atoms with Crippen LogP contribution in [0, 0.1) is 0 Å². The maximum absolute atomic E-state index is 12.8.